The van der Waals surface area contributed by atoms with E-state index in [0.29, 0.717) is 37.7 Å². The van der Waals surface area contributed by atoms with E-state index >= 15 is 0 Å². The summed E-state index contributed by atoms with van der Waals surface area (Å²) in [6.07, 6.45) is 3.20. The Morgan fingerprint density at radius 2 is 1.90 bits per heavy atom. The molecule has 0 aliphatic carbocycles. The van der Waals surface area contributed by atoms with E-state index in [9.17, 15) is 4.79 Å². The molecule has 4 aromatic rings. The number of para-hydroxylation sites is 1. The summed E-state index contributed by atoms with van der Waals surface area (Å²) in [4.78, 5) is 21.0. The number of pyridine rings is 1. The van der Waals surface area contributed by atoms with E-state index in [-0.39, 0.29) is 5.91 Å². The molecule has 2 aromatic carbocycles. The Hall–Kier alpha value is -3.74. The molecule has 0 spiro atoms. The molecule has 0 saturated carbocycles. The molecule has 0 fully saturated rings. The van der Waals surface area contributed by atoms with Gasteiger partial charge in [0.2, 0.25) is 17.6 Å². The zero-order valence-corrected chi connectivity index (χ0v) is 17.4. The minimum atomic E-state index is -0.0472. The van der Waals surface area contributed by atoms with Gasteiger partial charge < -0.3 is 14.6 Å². The van der Waals surface area contributed by atoms with E-state index in [1.165, 1.54) is 0 Å². The van der Waals surface area contributed by atoms with Crippen molar-refractivity contribution in [2.75, 3.05) is 13.2 Å². The summed E-state index contributed by atoms with van der Waals surface area (Å²) in [5.74, 6) is 1.69. The van der Waals surface area contributed by atoms with Crippen molar-refractivity contribution in [3.05, 3.63) is 72.2 Å². The van der Waals surface area contributed by atoms with Gasteiger partial charge in [-0.05, 0) is 49.2 Å². The smallest absolute Gasteiger partial charge is 0.227 e. The van der Waals surface area contributed by atoms with Crippen LogP contribution in [0.15, 0.2) is 65.3 Å². The molecule has 7 nitrogen and oxygen atoms in total. The predicted molar refractivity (Wildman–Crippen MR) is 118 cm³/mol. The van der Waals surface area contributed by atoms with Gasteiger partial charge in [-0.15, -0.1) is 0 Å². The van der Waals surface area contributed by atoms with Crippen molar-refractivity contribution in [2.45, 2.75) is 26.2 Å². The molecule has 0 bridgehead atoms. The number of carbonyl (C=O) groups excluding carboxylic acids is 1. The van der Waals surface area contributed by atoms with Crippen molar-refractivity contribution >= 4 is 16.8 Å². The minimum Gasteiger partial charge on any atom is -0.494 e. The molecule has 0 atom stereocenters. The minimum absolute atomic E-state index is 0.0472. The summed E-state index contributed by atoms with van der Waals surface area (Å²) >= 11 is 0. The standard InChI is InChI=1S/C24H24N4O3/c1-2-30-20-10-8-19(9-11-20)24-27-22(31-28-24)13-12-21(29)25-16-14-18-6-3-5-17-7-4-15-26-23(17)18/h3-11,15H,2,12-14,16H2,1H3,(H,25,29). The Morgan fingerprint density at radius 1 is 1.06 bits per heavy atom. The Labute approximate surface area is 180 Å². The summed E-state index contributed by atoms with van der Waals surface area (Å²) in [5, 5.41) is 8.06. The Balaban J connectivity index is 1.25. The maximum absolute atomic E-state index is 12.2. The zero-order chi connectivity index (χ0) is 21.5. The van der Waals surface area contributed by atoms with Gasteiger partial charge in [0.1, 0.15) is 5.75 Å². The molecule has 2 aromatic heterocycles. The third-order valence-corrected chi connectivity index (χ3v) is 4.89. The lowest BCUT2D eigenvalue weighted by atomic mass is 10.1. The van der Waals surface area contributed by atoms with Crippen molar-refractivity contribution in [3.8, 4) is 17.1 Å². The van der Waals surface area contributed by atoms with Gasteiger partial charge in [0.05, 0.1) is 12.1 Å². The first-order valence-electron chi connectivity index (χ1n) is 10.4. The highest BCUT2D eigenvalue weighted by molar-refractivity contribution is 5.81. The lowest BCUT2D eigenvalue weighted by molar-refractivity contribution is -0.121. The van der Waals surface area contributed by atoms with E-state index < -0.39 is 0 Å². The molecule has 2 heterocycles. The molecular weight excluding hydrogens is 392 g/mol. The van der Waals surface area contributed by atoms with Crippen LogP contribution in [0.5, 0.6) is 5.75 Å². The highest BCUT2D eigenvalue weighted by Gasteiger charge is 2.11. The van der Waals surface area contributed by atoms with Crippen LogP contribution in [0.2, 0.25) is 0 Å². The van der Waals surface area contributed by atoms with Gasteiger partial charge in [-0.25, -0.2) is 0 Å². The van der Waals surface area contributed by atoms with Crippen LogP contribution >= 0.6 is 0 Å². The van der Waals surface area contributed by atoms with Crippen LogP contribution in [0, 0.1) is 0 Å². The first-order chi connectivity index (χ1) is 15.2. The number of benzene rings is 2. The number of hydrogen-bond acceptors (Lipinski definition) is 6. The molecule has 158 valence electrons. The molecule has 1 N–H and O–H groups in total. The lowest BCUT2D eigenvalue weighted by Crippen LogP contribution is -2.26. The van der Waals surface area contributed by atoms with E-state index in [1.807, 2.05) is 61.5 Å². The van der Waals surface area contributed by atoms with Crippen LogP contribution in [0.1, 0.15) is 24.8 Å². The van der Waals surface area contributed by atoms with Gasteiger partial charge >= 0.3 is 0 Å². The van der Waals surface area contributed by atoms with Crippen molar-refractivity contribution in [2.24, 2.45) is 0 Å². The van der Waals surface area contributed by atoms with E-state index in [0.717, 1.165) is 34.2 Å². The highest BCUT2D eigenvalue weighted by Crippen LogP contribution is 2.20. The van der Waals surface area contributed by atoms with Crippen LogP contribution < -0.4 is 10.1 Å². The number of aryl methyl sites for hydroxylation is 1. The normalized spacial score (nSPS) is 10.9. The number of rotatable bonds is 9. The number of ether oxygens (including phenoxy) is 1. The monoisotopic (exact) mass is 416 g/mol. The van der Waals surface area contributed by atoms with Crippen molar-refractivity contribution < 1.29 is 14.1 Å². The summed E-state index contributed by atoms with van der Waals surface area (Å²) in [7, 11) is 0. The van der Waals surface area contributed by atoms with Gasteiger partial charge in [-0.2, -0.15) is 4.98 Å². The van der Waals surface area contributed by atoms with Crippen LogP contribution in [0.25, 0.3) is 22.3 Å². The first kappa shape index (κ1) is 20.5. The molecule has 0 radical (unpaired) electrons. The lowest BCUT2D eigenvalue weighted by Gasteiger charge is -2.07. The number of hydrogen-bond donors (Lipinski definition) is 1. The number of fused-ring (bicyclic) bond motifs is 1. The van der Waals surface area contributed by atoms with E-state index in [4.69, 9.17) is 9.26 Å². The summed E-state index contributed by atoms with van der Waals surface area (Å²) in [5.41, 5.74) is 2.94. The molecule has 31 heavy (non-hydrogen) atoms. The van der Waals surface area contributed by atoms with Crippen LogP contribution in [-0.4, -0.2) is 34.2 Å². The zero-order valence-electron chi connectivity index (χ0n) is 17.4. The Bertz CT molecular complexity index is 1150. The number of amides is 1. The Morgan fingerprint density at radius 3 is 2.74 bits per heavy atom. The van der Waals surface area contributed by atoms with E-state index in [1.54, 1.807) is 6.20 Å². The molecule has 0 aliphatic rings. The molecule has 4 rings (SSSR count). The molecular formula is C24H24N4O3. The Kier molecular flexibility index (Phi) is 6.52. The fourth-order valence-electron chi connectivity index (χ4n) is 3.36. The van der Waals surface area contributed by atoms with Crippen molar-refractivity contribution in [1.82, 2.24) is 20.4 Å². The molecule has 0 aliphatic heterocycles. The van der Waals surface area contributed by atoms with Crippen LogP contribution in [0.3, 0.4) is 0 Å². The molecule has 7 heteroatoms. The third-order valence-electron chi connectivity index (χ3n) is 4.89. The summed E-state index contributed by atoms with van der Waals surface area (Å²) in [6, 6.07) is 17.6. The largest absolute Gasteiger partial charge is 0.494 e. The maximum Gasteiger partial charge on any atom is 0.227 e. The van der Waals surface area contributed by atoms with Crippen LogP contribution in [0.4, 0.5) is 0 Å². The van der Waals surface area contributed by atoms with E-state index in [2.05, 4.69) is 20.4 Å². The molecule has 1 amide bonds. The van der Waals surface area contributed by atoms with Crippen molar-refractivity contribution in [3.63, 3.8) is 0 Å². The SMILES string of the molecule is CCOc1ccc(-c2noc(CCC(=O)NCCc3cccc4cccnc34)n2)cc1. The maximum atomic E-state index is 12.2. The number of nitrogens with one attached hydrogen (secondary N) is 1. The first-order valence-corrected chi connectivity index (χ1v) is 10.4. The highest BCUT2D eigenvalue weighted by atomic mass is 16.5. The predicted octanol–water partition coefficient (Wildman–Crippen LogP) is 3.98. The fourth-order valence-corrected chi connectivity index (χ4v) is 3.36. The number of nitrogens with zero attached hydrogens (tertiary/aromatic N) is 3. The molecule has 0 saturated heterocycles. The second-order valence-corrected chi connectivity index (χ2v) is 7.06. The van der Waals surface area contributed by atoms with Gasteiger partial charge in [-0.1, -0.05) is 29.4 Å². The van der Waals surface area contributed by atoms with Crippen LogP contribution in [-0.2, 0) is 17.6 Å². The number of aromatic nitrogens is 3. The third kappa shape index (κ3) is 5.25. The molecule has 0 unspecified atom stereocenters. The topological polar surface area (TPSA) is 90.1 Å². The second-order valence-electron chi connectivity index (χ2n) is 7.06. The average molecular weight is 416 g/mol. The quantitative estimate of drug-likeness (QED) is 0.444. The van der Waals surface area contributed by atoms with Crippen molar-refractivity contribution in [1.29, 1.82) is 0 Å². The van der Waals surface area contributed by atoms with Gasteiger partial charge in [-0.3, -0.25) is 9.78 Å². The fraction of sp³-hybridized carbons (Fsp3) is 0.250. The van der Waals surface area contributed by atoms with Gasteiger partial charge in [0.25, 0.3) is 0 Å². The number of carbonyl (C=O) groups is 1. The average Bonchev–Trinajstić information content (AvgIpc) is 3.28. The summed E-state index contributed by atoms with van der Waals surface area (Å²) < 4.78 is 10.7. The van der Waals surface area contributed by atoms with Gasteiger partial charge in [0.15, 0.2) is 0 Å². The second kappa shape index (κ2) is 9.84. The summed E-state index contributed by atoms with van der Waals surface area (Å²) in [6.45, 7) is 3.11. The van der Waals surface area contributed by atoms with Gasteiger partial charge in [0, 0.05) is 36.5 Å².